The molecule has 0 radical (unpaired) electrons. The van der Waals surface area contributed by atoms with Crippen LogP contribution in [0.15, 0.2) is 40.9 Å². The molecule has 4 aliphatic heterocycles. The highest BCUT2D eigenvalue weighted by molar-refractivity contribution is 9.10. The van der Waals surface area contributed by atoms with Gasteiger partial charge in [0.1, 0.15) is 49.5 Å². The smallest absolute Gasteiger partial charge is 0.410 e. The fourth-order valence-electron chi connectivity index (χ4n) is 9.55. The Balaban J connectivity index is 0.000000204. The summed E-state index contributed by atoms with van der Waals surface area (Å²) in [4.78, 5) is 62.9. The maximum absolute atomic E-state index is 12.9. The number of hydrogen-bond donors (Lipinski definition) is 6. The Morgan fingerprint density at radius 2 is 1.07 bits per heavy atom. The lowest BCUT2D eigenvalue weighted by Gasteiger charge is -2.35. The molecular formula is C56H81BrN16O8S2. The molecule has 452 valence electrons. The predicted molar refractivity (Wildman–Crippen MR) is 333 cm³/mol. The first-order valence-electron chi connectivity index (χ1n) is 28.2. The van der Waals surface area contributed by atoms with Crippen LogP contribution in [0, 0.1) is 0 Å². The Morgan fingerprint density at radius 1 is 0.627 bits per heavy atom. The lowest BCUT2D eigenvalue weighted by atomic mass is 10.1. The van der Waals surface area contributed by atoms with E-state index in [1.807, 2.05) is 77.9 Å². The van der Waals surface area contributed by atoms with Crippen LogP contribution in [-0.2, 0) is 18.9 Å². The summed E-state index contributed by atoms with van der Waals surface area (Å²) in [5.74, 6) is 3.33. The summed E-state index contributed by atoms with van der Waals surface area (Å²) in [5.41, 5.74) is 18.5. The molecule has 0 saturated carbocycles. The molecule has 4 aromatic heterocycles. The Kier molecular flexibility index (Phi) is 22.0. The number of carbonyl (C=O) groups excluding carboxylic acids is 2. The van der Waals surface area contributed by atoms with Crippen LogP contribution in [0.4, 0.5) is 38.8 Å². The number of likely N-dealkylation sites (tertiary alicyclic amines) is 2. The largest absolute Gasteiger partial charge is 0.480 e. The van der Waals surface area contributed by atoms with Gasteiger partial charge in [-0.1, -0.05) is 12.1 Å². The summed E-state index contributed by atoms with van der Waals surface area (Å²) in [6.45, 7) is 21.2. The van der Waals surface area contributed by atoms with E-state index >= 15 is 0 Å². The number of nitrogens with zero attached hydrogens (tertiary/aromatic N) is 10. The van der Waals surface area contributed by atoms with Crippen molar-refractivity contribution in [2.45, 2.75) is 90.5 Å². The monoisotopic (exact) mass is 1250 g/mol. The second kappa shape index (κ2) is 29.1. The number of benzene rings is 2. The number of ether oxygens (including phenoxy) is 6. The first-order chi connectivity index (χ1) is 39.9. The van der Waals surface area contributed by atoms with Crippen LogP contribution in [0.5, 0.6) is 11.8 Å². The number of thiazole rings is 2. The van der Waals surface area contributed by atoms with E-state index in [4.69, 9.17) is 75.5 Å². The highest BCUT2D eigenvalue weighted by atomic mass is 79.9. The van der Waals surface area contributed by atoms with E-state index in [9.17, 15) is 9.59 Å². The molecule has 8 heterocycles. The maximum atomic E-state index is 12.9. The first-order valence-corrected chi connectivity index (χ1v) is 30.7. The number of nitrogens with two attached hydrogens (primary N) is 3. The number of piperidine rings is 2. The highest BCUT2D eigenvalue weighted by Crippen LogP contribution is 2.44. The summed E-state index contributed by atoms with van der Waals surface area (Å²) >= 11 is 6.74. The van der Waals surface area contributed by atoms with Gasteiger partial charge in [-0.3, -0.25) is 0 Å². The average Bonchev–Trinajstić information content (AvgIpc) is 3.47. The summed E-state index contributed by atoms with van der Waals surface area (Å²) in [6, 6.07) is 12.0. The Labute approximate surface area is 502 Å². The van der Waals surface area contributed by atoms with Crippen molar-refractivity contribution in [3.8, 4) is 32.9 Å². The molecule has 0 spiro atoms. The Hall–Kier alpha value is -6.20. The van der Waals surface area contributed by atoms with Crippen LogP contribution in [-0.4, -0.2) is 194 Å². The van der Waals surface area contributed by atoms with Gasteiger partial charge < -0.3 is 81.2 Å². The summed E-state index contributed by atoms with van der Waals surface area (Å²) in [6.07, 6.45) is 2.88. The van der Waals surface area contributed by atoms with Crippen LogP contribution < -0.4 is 52.4 Å². The molecule has 2 atom stereocenters. The van der Waals surface area contributed by atoms with Crippen molar-refractivity contribution in [3.63, 3.8) is 0 Å². The number of amides is 2. The third kappa shape index (κ3) is 16.8. The Morgan fingerprint density at radius 3 is 1.49 bits per heavy atom. The third-order valence-electron chi connectivity index (χ3n) is 13.4. The van der Waals surface area contributed by atoms with Crippen LogP contribution in [0.2, 0.25) is 0 Å². The number of hydrogen-bond acceptors (Lipinski definition) is 24. The number of para-hydroxylation sites is 2. The number of rotatable bonds is 14. The van der Waals surface area contributed by atoms with E-state index in [0.717, 1.165) is 66.3 Å². The van der Waals surface area contributed by atoms with Gasteiger partial charge in [0, 0.05) is 95.1 Å². The van der Waals surface area contributed by atoms with Crippen LogP contribution in [0.25, 0.3) is 41.6 Å². The number of anilines is 5. The fraction of sp³-hybridized carbons (Fsp3) is 0.571. The van der Waals surface area contributed by atoms with E-state index in [-0.39, 0.29) is 24.3 Å². The first kappa shape index (κ1) is 62.8. The average molecular weight is 1250 g/mol. The number of carbonyl (C=O) groups is 2. The van der Waals surface area contributed by atoms with Crippen molar-refractivity contribution in [3.05, 3.63) is 40.9 Å². The Bertz CT molecular complexity index is 3110. The maximum Gasteiger partial charge on any atom is 0.410 e. The van der Waals surface area contributed by atoms with E-state index in [2.05, 4.69) is 41.7 Å². The summed E-state index contributed by atoms with van der Waals surface area (Å²) in [7, 11) is 3.23. The van der Waals surface area contributed by atoms with Crippen molar-refractivity contribution in [1.82, 2.24) is 39.7 Å². The molecule has 9 N–H and O–H groups in total. The van der Waals surface area contributed by atoms with Crippen molar-refractivity contribution in [1.29, 1.82) is 0 Å². The molecule has 10 rings (SSSR count). The van der Waals surface area contributed by atoms with E-state index < -0.39 is 11.2 Å². The SMILES string of the molecule is COc1nc(N2CCOCC2)nc(N[C@@H]2CCCN(C(=O)OC(C)(C)C)C2)c1-c1nc2c(Br)cccc2s1.COc1nc(N2CCOCC2)nc(N[C@@H]2CCCN(C(=O)OC(C)(C)C)C2)c1-c1nc2c(NCCN)cccc2s1.NCCN. The van der Waals surface area contributed by atoms with Crippen molar-refractivity contribution in [2.24, 2.45) is 17.2 Å². The third-order valence-corrected chi connectivity index (χ3v) is 16.1. The van der Waals surface area contributed by atoms with Gasteiger partial charge in [-0.2, -0.15) is 19.9 Å². The minimum absolute atomic E-state index is 0.0201. The van der Waals surface area contributed by atoms with Crippen LogP contribution in [0.3, 0.4) is 0 Å². The second-order valence-electron chi connectivity index (χ2n) is 22.1. The standard InChI is InChI=1S/C28H40N8O4S.C26H33BrN6O4S.C2H8N2/c1-28(2,3)40-27(37)36-12-6-7-18(17-36)31-23-21(24(38-4)34-26(33-23)35-13-15-39-16-14-35)25-32-22-19(30-11-10-29)8-5-9-20(22)41-25;1-26(2,3)37-25(34)33-10-6-7-16(15-33)28-21-19(23-29-20-17(27)8-5-9-18(20)38-23)22(35-4)31-24(30-21)32-11-13-36-14-12-32;3-1-2-4/h5,8-9,18,30H,6-7,10-17,29H2,1-4H3,(H,31,33,34);5,8-9,16H,6-7,10-15H2,1-4H3,(H,28,30,31);1-4H2/t18-;16-;/m11./s1. The molecule has 83 heavy (non-hydrogen) atoms. The lowest BCUT2D eigenvalue weighted by molar-refractivity contribution is 0.0196. The normalized spacial score (nSPS) is 17.7. The minimum atomic E-state index is -0.553. The van der Waals surface area contributed by atoms with Gasteiger partial charge in [0.25, 0.3) is 0 Å². The summed E-state index contributed by atoms with van der Waals surface area (Å²) < 4.78 is 37.1. The van der Waals surface area contributed by atoms with E-state index in [0.29, 0.717) is 151 Å². The fourth-order valence-corrected chi connectivity index (χ4v) is 12.2. The van der Waals surface area contributed by atoms with Gasteiger partial charge in [0.15, 0.2) is 0 Å². The number of nitrogens with one attached hydrogen (secondary N) is 3. The topological polar surface area (TPSA) is 294 Å². The number of aromatic nitrogens is 6. The molecular weight excluding hydrogens is 1170 g/mol. The van der Waals surface area contributed by atoms with Crippen LogP contribution in [0.1, 0.15) is 67.2 Å². The van der Waals surface area contributed by atoms with Crippen molar-refractivity contribution >= 4 is 100 Å². The van der Waals surface area contributed by atoms with Gasteiger partial charge >= 0.3 is 12.2 Å². The van der Waals surface area contributed by atoms with E-state index in [1.54, 1.807) is 46.7 Å². The molecule has 0 unspecified atom stereocenters. The van der Waals surface area contributed by atoms with Gasteiger partial charge in [-0.25, -0.2) is 19.6 Å². The van der Waals surface area contributed by atoms with Crippen LogP contribution >= 0.6 is 38.6 Å². The zero-order valence-corrected chi connectivity index (χ0v) is 52.1. The van der Waals surface area contributed by atoms with Gasteiger partial charge in [-0.05, 0) is 107 Å². The van der Waals surface area contributed by atoms with Gasteiger partial charge in [0.2, 0.25) is 23.7 Å². The molecule has 27 heteroatoms. The molecule has 0 bridgehead atoms. The van der Waals surface area contributed by atoms with E-state index in [1.165, 1.54) is 0 Å². The molecule has 2 amide bonds. The molecule has 24 nitrogen and oxygen atoms in total. The molecule has 4 saturated heterocycles. The lowest BCUT2D eigenvalue weighted by Crippen LogP contribution is -2.47. The molecule has 4 fully saturated rings. The van der Waals surface area contributed by atoms with Gasteiger partial charge in [-0.15, -0.1) is 22.7 Å². The number of halogens is 1. The van der Waals surface area contributed by atoms with Gasteiger partial charge in [0.05, 0.1) is 61.3 Å². The van der Waals surface area contributed by atoms with Crippen molar-refractivity contribution in [2.75, 3.05) is 145 Å². The number of methoxy groups -OCH3 is 2. The summed E-state index contributed by atoms with van der Waals surface area (Å²) in [5, 5.41) is 12.1. The minimum Gasteiger partial charge on any atom is -0.480 e. The second-order valence-corrected chi connectivity index (χ2v) is 25.0. The molecule has 4 aliphatic rings. The molecule has 2 aromatic carbocycles. The van der Waals surface area contributed by atoms with Crippen molar-refractivity contribution < 1.29 is 38.0 Å². The quantitative estimate of drug-likeness (QED) is 0.0605. The number of morpholine rings is 2. The highest BCUT2D eigenvalue weighted by Gasteiger charge is 2.33. The molecule has 0 aliphatic carbocycles. The zero-order valence-electron chi connectivity index (χ0n) is 48.9. The number of fused-ring (bicyclic) bond motifs is 2. The molecule has 6 aromatic rings. The zero-order chi connectivity index (χ0) is 59.3. The predicted octanol–water partition coefficient (Wildman–Crippen LogP) is 7.86.